The molecular formula is C20H22N2O7S. The van der Waals surface area contributed by atoms with Gasteiger partial charge in [0.25, 0.3) is 17.7 Å². The van der Waals surface area contributed by atoms with Gasteiger partial charge in [-0.1, -0.05) is 6.08 Å². The van der Waals surface area contributed by atoms with Gasteiger partial charge in [0, 0.05) is 19.1 Å². The fourth-order valence-electron chi connectivity index (χ4n) is 3.67. The van der Waals surface area contributed by atoms with E-state index >= 15 is 0 Å². The van der Waals surface area contributed by atoms with E-state index in [0.717, 1.165) is 4.90 Å². The van der Waals surface area contributed by atoms with Crippen LogP contribution in [0.25, 0.3) is 0 Å². The monoisotopic (exact) mass is 434 g/mol. The third-order valence-corrected chi connectivity index (χ3v) is 6.91. The number of hydrogen-bond donors (Lipinski definition) is 0. The number of esters is 1. The van der Waals surface area contributed by atoms with Gasteiger partial charge in [0.05, 0.1) is 28.2 Å². The summed E-state index contributed by atoms with van der Waals surface area (Å²) in [5.41, 5.74) is 0.317. The van der Waals surface area contributed by atoms with Crippen LogP contribution in [0.1, 0.15) is 44.4 Å². The maximum absolute atomic E-state index is 12.4. The lowest BCUT2D eigenvalue weighted by molar-refractivity contribution is -0.136. The molecule has 10 heteroatoms. The van der Waals surface area contributed by atoms with Crippen LogP contribution >= 0.6 is 0 Å². The van der Waals surface area contributed by atoms with Gasteiger partial charge in [-0.3, -0.25) is 19.3 Å². The minimum absolute atomic E-state index is 0.0337. The Balaban J connectivity index is 1.66. The summed E-state index contributed by atoms with van der Waals surface area (Å²) in [4.78, 5) is 51.8. The van der Waals surface area contributed by atoms with Crippen LogP contribution in [0, 0.1) is 0 Å². The van der Waals surface area contributed by atoms with Crippen LogP contribution in [-0.2, 0) is 19.4 Å². The highest BCUT2D eigenvalue weighted by molar-refractivity contribution is 7.91. The second-order valence-corrected chi connectivity index (χ2v) is 9.31. The Hall–Kier alpha value is -3.01. The van der Waals surface area contributed by atoms with Crippen molar-refractivity contribution in [2.45, 2.75) is 19.4 Å². The lowest BCUT2D eigenvalue weighted by atomic mass is 10.1. The minimum atomic E-state index is -3.15. The predicted octanol–water partition coefficient (Wildman–Crippen LogP) is 0.661. The molecule has 2 aliphatic heterocycles. The molecule has 1 unspecified atom stereocenters. The highest BCUT2D eigenvalue weighted by atomic mass is 32.2. The lowest BCUT2D eigenvalue weighted by Gasteiger charge is -2.26. The molecular weight excluding hydrogens is 412 g/mol. The van der Waals surface area contributed by atoms with E-state index in [4.69, 9.17) is 4.74 Å². The van der Waals surface area contributed by atoms with Crippen LogP contribution in [0.4, 0.5) is 0 Å². The lowest BCUT2D eigenvalue weighted by Crippen LogP contribution is -2.43. The summed E-state index contributed by atoms with van der Waals surface area (Å²) in [7, 11) is -3.15. The van der Waals surface area contributed by atoms with E-state index in [1.165, 1.54) is 29.2 Å². The molecule has 2 heterocycles. The van der Waals surface area contributed by atoms with Crippen LogP contribution in [0.2, 0.25) is 0 Å². The van der Waals surface area contributed by atoms with Gasteiger partial charge in [-0.25, -0.2) is 13.2 Å². The van der Waals surface area contributed by atoms with Crippen molar-refractivity contribution < 1.29 is 32.3 Å². The molecule has 0 N–H and O–H groups in total. The molecule has 1 fully saturated rings. The van der Waals surface area contributed by atoms with E-state index in [2.05, 4.69) is 6.58 Å². The van der Waals surface area contributed by atoms with Crippen molar-refractivity contribution in [3.05, 3.63) is 47.5 Å². The maximum atomic E-state index is 12.4. The molecule has 3 amide bonds. The number of rotatable bonds is 7. The molecule has 0 spiro atoms. The SMILES string of the molecule is C=CCN1C(=O)c2ccc(C(=O)OCC(=O)N(CC)C3CCS(=O)(=O)C3)cc2C1=O. The van der Waals surface area contributed by atoms with E-state index in [-0.39, 0.29) is 34.7 Å². The van der Waals surface area contributed by atoms with Crippen LogP contribution in [-0.4, -0.2) is 79.2 Å². The molecule has 1 aromatic carbocycles. The molecule has 3 rings (SSSR count). The number of ether oxygens (including phenoxy) is 1. The van der Waals surface area contributed by atoms with Crippen molar-refractivity contribution in [1.29, 1.82) is 0 Å². The quantitative estimate of drug-likeness (QED) is 0.351. The Kier molecular flexibility index (Phi) is 6.06. The number of benzene rings is 1. The number of likely N-dealkylation sites (N-methyl/N-ethyl adjacent to an activating group) is 1. The summed E-state index contributed by atoms with van der Waals surface area (Å²) in [6.07, 6.45) is 1.79. The number of sulfone groups is 1. The maximum Gasteiger partial charge on any atom is 0.338 e. The van der Waals surface area contributed by atoms with Crippen LogP contribution < -0.4 is 0 Å². The van der Waals surface area contributed by atoms with Gasteiger partial charge in [0.1, 0.15) is 0 Å². The average Bonchev–Trinajstić information content (AvgIpc) is 3.18. The van der Waals surface area contributed by atoms with Crippen LogP contribution in [0.15, 0.2) is 30.9 Å². The molecule has 0 aliphatic carbocycles. The highest BCUT2D eigenvalue weighted by Crippen LogP contribution is 2.24. The zero-order valence-electron chi connectivity index (χ0n) is 16.5. The number of carbonyl (C=O) groups excluding carboxylic acids is 4. The normalized spacial score (nSPS) is 19.5. The zero-order chi connectivity index (χ0) is 22.1. The summed E-state index contributed by atoms with van der Waals surface area (Å²) in [5, 5.41) is 0. The average molecular weight is 434 g/mol. The number of fused-ring (bicyclic) bond motifs is 1. The van der Waals surface area contributed by atoms with E-state index in [9.17, 15) is 27.6 Å². The topological polar surface area (TPSA) is 118 Å². The number of nitrogens with zero attached hydrogens (tertiary/aromatic N) is 2. The number of imide groups is 1. The first-order valence-corrected chi connectivity index (χ1v) is 11.3. The van der Waals surface area contributed by atoms with Crippen molar-refractivity contribution in [2.24, 2.45) is 0 Å². The molecule has 0 radical (unpaired) electrons. The summed E-state index contributed by atoms with van der Waals surface area (Å²) in [5.74, 6) is -2.36. The minimum Gasteiger partial charge on any atom is -0.452 e. The largest absolute Gasteiger partial charge is 0.452 e. The van der Waals surface area contributed by atoms with Crippen LogP contribution in [0.5, 0.6) is 0 Å². The first kappa shape index (κ1) is 21.7. The van der Waals surface area contributed by atoms with Gasteiger partial charge in [0.15, 0.2) is 16.4 Å². The summed E-state index contributed by atoms with van der Waals surface area (Å²) < 4.78 is 28.4. The molecule has 0 aromatic heterocycles. The molecule has 2 aliphatic rings. The Labute approximate surface area is 174 Å². The number of hydrogen-bond acceptors (Lipinski definition) is 7. The molecule has 0 bridgehead atoms. The van der Waals surface area contributed by atoms with E-state index in [1.54, 1.807) is 6.92 Å². The molecule has 1 atom stereocenters. The van der Waals surface area contributed by atoms with Gasteiger partial charge in [0.2, 0.25) is 0 Å². The van der Waals surface area contributed by atoms with E-state index in [0.29, 0.717) is 13.0 Å². The van der Waals surface area contributed by atoms with Crippen molar-refractivity contribution in [2.75, 3.05) is 31.2 Å². The Bertz CT molecular complexity index is 1030. The summed E-state index contributed by atoms with van der Waals surface area (Å²) >= 11 is 0. The smallest absolute Gasteiger partial charge is 0.338 e. The second kappa shape index (κ2) is 8.39. The molecule has 0 saturated carbocycles. The molecule has 9 nitrogen and oxygen atoms in total. The predicted molar refractivity (Wildman–Crippen MR) is 107 cm³/mol. The third kappa shape index (κ3) is 4.13. The Morgan fingerprint density at radius 1 is 1.27 bits per heavy atom. The van der Waals surface area contributed by atoms with Crippen molar-refractivity contribution >= 4 is 33.5 Å². The third-order valence-electron chi connectivity index (χ3n) is 5.16. The highest BCUT2D eigenvalue weighted by Gasteiger charge is 2.36. The van der Waals surface area contributed by atoms with Gasteiger partial charge in [-0.2, -0.15) is 0 Å². The van der Waals surface area contributed by atoms with Gasteiger partial charge in [-0.05, 0) is 31.5 Å². The molecule has 160 valence electrons. The zero-order valence-corrected chi connectivity index (χ0v) is 17.3. The standard InChI is InChI=1S/C20H22N2O7S/c1-3-8-22-18(24)15-6-5-13(10-16(15)19(22)25)20(26)29-11-17(23)21(4-2)14-7-9-30(27,28)12-14/h3,5-6,10,14H,1,4,7-9,11-12H2,2H3. The summed E-state index contributed by atoms with van der Waals surface area (Å²) in [6, 6.07) is 3.58. The Morgan fingerprint density at radius 3 is 2.57 bits per heavy atom. The fraction of sp³-hybridized carbons (Fsp3) is 0.400. The fourth-order valence-corrected chi connectivity index (χ4v) is 5.40. The molecule has 1 saturated heterocycles. The number of amides is 3. The Morgan fingerprint density at radius 2 is 1.97 bits per heavy atom. The molecule has 1 aromatic rings. The summed E-state index contributed by atoms with van der Waals surface area (Å²) in [6.45, 7) is 5.05. The number of carbonyl (C=O) groups is 4. The van der Waals surface area contributed by atoms with Crippen molar-refractivity contribution in [3.8, 4) is 0 Å². The van der Waals surface area contributed by atoms with E-state index < -0.39 is 46.2 Å². The van der Waals surface area contributed by atoms with E-state index in [1.807, 2.05) is 0 Å². The van der Waals surface area contributed by atoms with Gasteiger partial charge < -0.3 is 9.64 Å². The first-order chi connectivity index (χ1) is 14.2. The second-order valence-electron chi connectivity index (χ2n) is 7.08. The van der Waals surface area contributed by atoms with Crippen molar-refractivity contribution in [1.82, 2.24) is 9.80 Å². The van der Waals surface area contributed by atoms with Gasteiger partial charge >= 0.3 is 5.97 Å². The first-order valence-electron chi connectivity index (χ1n) is 9.46. The molecule has 30 heavy (non-hydrogen) atoms. The van der Waals surface area contributed by atoms with Crippen molar-refractivity contribution in [3.63, 3.8) is 0 Å². The van der Waals surface area contributed by atoms with Crippen LogP contribution in [0.3, 0.4) is 0 Å². The van der Waals surface area contributed by atoms with Gasteiger partial charge in [-0.15, -0.1) is 6.58 Å².